The molecule has 0 saturated carbocycles. The van der Waals surface area contributed by atoms with E-state index in [1.54, 1.807) is 12.1 Å². The topological polar surface area (TPSA) is 24.1 Å². The first-order chi connectivity index (χ1) is 10.4. The highest BCUT2D eigenvalue weighted by Gasteiger charge is 2.10. The van der Waals surface area contributed by atoms with Gasteiger partial charge in [-0.1, -0.05) is 47.0 Å². The van der Waals surface area contributed by atoms with Crippen molar-refractivity contribution in [3.63, 3.8) is 0 Å². The summed E-state index contributed by atoms with van der Waals surface area (Å²) in [5, 5.41) is 7.98. The summed E-state index contributed by atoms with van der Waals surface area (Å²) < 4.78 is 0. The zero-order valence-electron chi connectivity index (χ0n) is 12.7. The summed E-state index contributed by atoms with van der Waals surface area (Å²) in [6.07, 6.45) is 0. The highest BCUT2D eigenvalue weighted by atomic mass is 35.5. The summed E-state index contributed by atoms with van der Waals surface area (Å²) >= 11 is 17.3. The fourth-order valence-electron chi connectivity index (χ4n) is 2.24. The van der Waals surface area contributed by atoms with Crippen molar-refractivity contribution in [1.29, 1.82) is 0 Å². The van der Waals surface area contributed by atoms with Crippen LogP contribution in [0.2, 0.25) is 10.0 Å². The highest BCUT2D eigenvalue weighted by molar-refractivity contribution is 7.80. The molecule has 0 spiro atoms. The van der Waals surface area contributed by atoms with E-state index < -0.39 is 0 Å². The molecular formula is C17H18Cl2N2S. The van der Waals surface area contributed by atoms with Crippen LogP contribution in [0.1, 0.15) is 29.7 Å². The number of hydrogen-bond acceptors (Lipinski definition) is 1. The number of aryl methyl sites for hydroxylation is 2. The van der Waals surface area contributed by atoms with Gasteiger partial charge in [-0.25, -0.2) is 0 Å². The van der Waals surface area contributed by atoms with Crippen LogP contribution in [0.15, 0.2) is 36.4 Å². The molecule has 0 amide bonds. The molecule has 2 aromatic rings. The maximum absolute atomic E-state index is 6.00. The SMILES string of the molecule is Cc1ccc(C)c(C(C)NC(=S)Nc2ccc(Cl)c(Cl)c2)c1. The second-order valence-electron chi connectivity index (χ2n) is 5.31. The van der Waals surface area contributed by atoms with E-state index in [0.717, 1.165) is 5.69 Å². The van der Waals surface area contributed by atoms with Crippen molar-refractivity contribution >= 4 is 46.2 Å². The molecule has 2 aromatic carbocycles. The van der Waals surface area contributed by atoms with Crippen molar-refractivity contribution in [3.05, 3.63) is 63.1 Å². The van der Waals surface area contributed by atoms with Gasteiger partial charge in [-0.15, -0.1) is 0 Å². The third-order valence-electron chi connectivity index (χ3n) is 3.43. The van der Waals surface area contributed by atoms with E-state index in [0.29, 0.717) is 15.2 Å². The molecule has 0 aromatic heterocycles. The molecule has 0 heterocycles. The Hall–Kier alpha value is -1.29. The number of nitrogens with one attached hydrogen (secondary N) is 2. The van der Waals surface area contributed by atoms with Crippen molar-refractivity contribution < 1.29 is 0 Å². The fourth-order valence-corrected chi connectivity index (χ4v) is 2.83. The number of rotatable bonds is 3. The minimum Gasteiger partial charge on any atom is -0.356 e. The molecule has 0 saturated heterocycles. The molecule has 0 aliphatic heterocycles. The molecule has 5 heteroatoms. The van der Waals surface area contributed by atoms with Gasteiger partial charge in [0, 0.05) is 5.69 Å². The smallest absolute Gasteiger partial charge is 0.171 e. The van der Waals surface area contributed by atoms with Gasteiger partial charge < -0.3 is 10.6 Å². The molecule has 0 radical (unpaired) electrons. The van der Waals surface area contributed by atoms with E-state index in [4.69, 9.17) is 35.4 Å². The Balaban J connectivity index is 2.05. The molecule has 2 N–H and O–H groups in total. The first-order valence-electron chi connectivity index (χ1n) is 6.96. The third kappa shape index (κ3) is 4.35. The van der Waals surface area contributed by atoms with Crippen LogP contribution in [-0.2, 0) is 0 Å². The summed E-state index contributed by atoms with van der Waals surface area (Å²) in [7, 11) is 0. The first-order valence-corrected chi connectivity index (χ1v) is 8.13. The fraction of sp³-hybridized carbons (Fsp3) is 0.235. The van der Waals surface area contributed by atoms with Crippen molar-refractivity contribution in [2.45, 2.75) is 26.8 Å². The Morgan fingerprint density at radius 3 is 2.45 bits per heavy atom. The Bertz CT molecular complexity index is 701. The number of anilines is 1. The summed E-state index contributed by atoms with van der Waals surface area (Å²) in [6.45, 7) is 6.27. The van der Waals surface area contributed by atoms with Gasteiger partial charge in [0.15, 0.2) is 5.11 Å². The lowest BCUT2D eigenvalue weighted by Crippen LogP contribution is -2.31. The summed E-state index contributed by atoms with van der Waals surface area (Å²) in [5.41, 5.74) is 4.51. The average molecular weight is 353 g/mol. The zero-order chi connectivity index (χ0) is 16.3. The van der Waals surface area contributed by atoms with Crippen LogP contribution < -0.4 is 10.6 Å². The minimum absolute atomic E-state index is 0.114. The molecule has 2 rings (SSSR count). The predicted molar refractivity (Wildman–Crippen MR) is 100 cm³/mol. The zero-order valence-corrected chi connectivity index (χ0v) is 15.0. The number of benzene rings is 2. The summed E-state index contributed by atoms with van der Waals surface area (Å²) in [6, 6.07) is 11.8. The number of thiocarbonyl (C=S) groups is 1. The van der Waals surface area contributed by atoms with E-state index in [1.807, 2.05) is 6.07 Å². The largest absolute Gasteiger partial charge is 0.356 e. The van der Waals surface area contributed by atoms with Gasteiger partial charge in [-0.05, 0) is 62.3 Å². The lowest BCUT2D eigenvalue weighted by molar-refractivity contribution is 0.716. The van der Waals surface area contributed by atoms with E-state index in [2.05, 4.69) is 49.6 Å². The lowest BCUT2D eigenvalue weighted by Gasteiger charge is -2.20. The van der Waals surface area contributed by atoms with Crippen molar-refractivity contribution in [2.24, 2.45) is 0 Å². The molecule has 22 heavy (non-hydrogen) atoms. The molecule has 2 nitrogen and oxygen atoms in total. The Morgan fingerprint density at radius 2 is 1.77 bits per heavy atom. The van der Waals surface area contributed by atoms with Gasteiger partial charge in [-0.2, -0.15) is 0 Å². The minimum atomic E-state index is 0.114. The maximum atomic E-state index is 6.00. The van der Waals surface area contributed by atoms with Gasteiger partial charge in [0.2, 0.25) is 0 Å². The van der Waals surface area contributed by atoms with Crippen LogP contribution in [0.4, 0.5) is 5.69 Å². The van der Waals surface area contributed by atoms with Gasteiger partial charge >= 0.3 is 0 Å². The van der Waals surface area contributed by atoms with Crippen LogP contribution in [0.5, 0.6) is 0 Å². The van der Waals surface area contributed by atoms with Gasteiger partial charge in [0.1, 0.15) is 0 Å². The van der Waals surface area contributed by atoms with Crippen LogP contribution in [0, 0.1) is 13.8 Å². The second kappa shape index (κ2) is 7.32. The normalized spacial score (nSPS) is 11.9. The Labute approximate surface area is 146 Å². The van der Waals surface area contributed by atoms with Gasteiger partial charge in [-0.3, -0.25) is 0 Å². The van der Waals surface area contributed by atoms with Gasteiger partial charge in [0.25, 0.3) is 0 Å². The van der Waals surface area contributed by atoms with Crippen LogP contribution >= 0.6 is 35.4 Å². The average Bonchev–Trinajstić information content (AvgIpc) is 2.45. The molecule has 1 unspecified atom stereocenters. The van der Waals surface area contributed by atoms with Crippen molar-refractivity contribution in [3.8, 4) is 0 Å². The van der Waals surface area contributed by atoms with Crippen molar-refractivity contribution in [1.82, 2.24) is 5.32 Å². The number of hydrogen-bond donors (Lipinski definition) is 2. The quantitative estimate of drug-likeness (QED) is 0.697. The van der Waals surface area contributed by atoms with E-state index in [9.17, 15) is 0 Å². The van der Waals surface area contributed by atoms with E-state index in [-0.39, 0.29) is 6.04 Å². The Morgan fingerprint density at radius 1 is 1.05 bits per heavy atom. The summed E-state index contributed by atoms with van der Waals surface area (Å²) in [4.78, 5) is 0. The molecule has 0 aliphatic carbocycles. The molecule has 0 aliphatic rings. The monoisotopic (exact) mass is 352 g/mol. The van der Waals surface area contributed by atoms with Crippen LogP contribution in [0.25, 0.3) is 0 Å². The molecular weight excluding hydrogens is 335 g/mol. The van der Waals surface area contributed by atoms with Crippen LogP contribution in [-0.4, -0.2) is 5.11 Å². The van der Waals surface area contributed by atoms with Crippen molar-refractivity contribution in [2.75, 3.05) is 5.32 Å². The van der Waals surface area contributed by atoms with Crippen LogP contribution in [0.3, 0.4) is 0 Å². The maximum Gasteiger partial charge on any atom is 0.171 e. The molecule has 1 atom stereocenters. The third-order valence-corrected chi connectivity index (χ3v) is 4.39. The number of halogens is 2. The molecule has 116 valence electrons. The molecule has 0 fully saturated rings. The predicted octanol–water partition coefficient (Wildman–Crippen LogP) is 5.66. The highest BCUT2D eigenvalue weighted by Crippen LogP contribution is 2.25. The van der Waals surface area contributed by atoms with E-state index in [1.165, 1.54) is 16.7 Å². The second-order valence-corrected chi connectivity index (χ2v) is 6.53. The Kier molecular flexibility index (Phi) is 5.68. The molecule has 0 bridgehead atoms. The van der Waals surface area contributed by atoms with Gasteiger partial charge in [0.05, 0.1) is 16.1 Å². The summed E-state index contributed by atoms with van der Waals surface area (Å²) in [5.74, 6) is 0. The standard InChI is InChI=1S/C17H18Cl2N2S/c1-10-4-5-11(2)14(8-10)12(3)20-17(22)21-13-6-7-15(18)16(19)9-13/h4-9,12H,1-3H3,(H2,20,21,22). The first kappa shape index (κ1) is 17.1. The van der Waals surface area contributed by atoms with E-state index >= 15 is 0 Å². The lowest BCUT2D eigenvalue weighted by atomic mass is 10.0.